The molecular weight excluding hydrogens is 270 g/mol. The van der Waals surface area contributed by atoms with Gasteiger partial charge in [0.25, 0.3) is 0 Å². The third kappa shape index (κ3) is 2.66. The number of nitrogens with zero attached hydrogens (tertiary/aromatic N) is 4. The molecule has 0 unspecified atom stereocenters. The van der Waals surface area contributed by atoms with E-state index in [-0.39, 0.29) is 6.42 Å². The molecule has 0 radical (unpaired) electrons. The number of nitrogens with one attached hydrogen (secondary N) is 1. The van der Waals surface area contributed by atoms with Crippen LogP contribution in [0.4, 0.5) is 11.5 Å². The molecule has 0 saturated heterocycles. The maximum atomic E-state index is 10.7. The van der Waals surface area contributed by atoms with Crippen LogP contribution in [0.1, 0.15) is 5.56 Å². The molecular formula is C14H13N5O2. The summed E-state index contributed by atoms with van der Waals surface area (Å²) in [6.45, 7) is 0. The predicted molar refractivity (Wildman–Crippen MR) is 77.4 cm³/mol. The van der Waals surface area contributed by atoms with E-state index in [9.17, 15) is 4.79 Å². The number of carbonyl (C=O) groups is 1. The normalized spacial score (nSPS) is 10.7. The van der Waals surface area contributed by atoms with Crippen LogP contribution in [0.5, 0.6) is 0 Å². The Morgan fingerprint density at radius 3 is 2.76 bits per heavy atom. The Bertz CT molecular complexity index is 795. The Labute approximate surface area is 120 Å². The summed E-state index contributed by atoms with van der Waals surface area (Å²) in [5.74, 6) is -0.178. The first kappa shape index (κ1) is 13.0. The smallest absolute Gasteiger partial charge is 0.307 e. The molecule has 0 aliphatic heterocycles. The molecule has 3 rings (SSSR count). The summed E-state index contributed by atoms with van der Waals surface area (Å²) < 4.78 is 1.68. The van der Waals surface area contributed by atoms with E-state index in [1.165, 1.54) is 6.33 Å². The molecule has 7 heteroatoms. The second-order valence-electron chi connectivity index (χ2n) is 4.62. The van der Waals surface area contributed by atoms with E-state index in [4.69, 9.17) is 5.11 Å². The molecule has 0 spiro atoms. The summed E-state index contributed by atoms with van der Waals surface area (Å²) >= 11 is 0. The van der Waals surface area contributed by atoms with Gasteiger partial charge in [-0.2, -0.15) is 5.10 Å². The highest BCUT2D eigenvalue weighted by Crippen LogP contribution is 2.22. The molecule has 106 valence electrons. The minimum atomic E-state index is -0.844. The fourth-order valence-electron chi connectivity index (χ4n) is 2.08. The average Bonchev–Trinajstić information content (AvgIpc) is 2.83. The lowest BCUT2D eigenvalue weighted by atomic mass is 10.1. The van der Waals surface area contributed by atoms with Crippen molar-refractivity contribution < 1.29 is 9.90 Å². The van der Waals surface area contributed by atoms with Gasteiger partial charge in [-0.1, -0.05) is 12.1 Å². The van der Waals surface area contributed by atoms with Crippen LogP contribution in [-0.2, 0) is 18.3 Å². The number of carboxylic acids is 1. The molecule has 21 heavy (non-hydrogen) atoms. The Morgan fingerprint density at radius 1 is 1.29 bits per heavy atom. The van der Waals surface area contributed by atoms with Crippen LogP contribution in [0.15, 0.2) is 36.8 Å². The Morgan fingerprint density at radius 2 is 2.05 bits per heavy atom. The number of aliphatic carboxylic acids is 1. The second-order valence-corrected chi connectivity index (χ2v) is 4.62. The van der Waals surface area contributed by atoms with Gasteiger partial charge < -0.3 is 10.4 Å². The third-order valence-electron chi connectivity index (χ3n) is 3.10. The molecule has 0 fully saturated rings. The van der Waals surface area contributed by atoms with Gasteiger partial charge in [-0.3, -0.25) is 9.48 Å². The summed E-state index contributed by atoms with van der Waals surface area (Å²) in [4.78, 5) is 19.0. The lowest BCUT2D eigenvalue weighted by Gasteiger charge is -2.07. The quantitative estimate of drug-likeness (QED) is 0.757. The number of hydrogen-bond acceptors (Lipinski definition) is 5. The molecule has 7 nitrogen and oxygen atoms in total. The highest BCUT2D eigenvalue weighted by Gasteiger charge is 2.08. The lowest BCUT2D eigenvalue weighted by molar-refractivity contribution is -0.136. The molecule has 0 aliphatic rings. The standard InChI is InChI=1S/C14H13N5O2/c1-19-14-11(7-17-19)13(15-8-16-14)18-10-4-2-9(3-5-10)6-12(20)21/h2-5,7-8H,6H2,1H3,(H,20,21)(H,15,16,18). The average molecular weight is 283 g/mol. The van der Waals surface area contributed by atoms with Crippen molar-refractivity contribution in [3.8, 4) is 0 Å². The SMILES string of the molecule is Cn1ncc2c(Nc3ccc(CC(=O)O)cc3)ncnc21. The minimum absolute atomic E-state index is 0.0145. The number of benzene rings is 1. The van der Waals surface area contributed by atoms with E-state index in [0.29, 0.717) is 5.82 Å². The Hall–Kier alpha value is -2.96. The van der Waals surface area contributed by atoms with Gasteiger partial charge in [0.05, 0.1) is 18.0 Å². The maximum Gasteiger partial charge on any atom is 0.307 e. The van der Waals surface area contributed by atoms with Crippen molar-refractivity contribution in [2.75, 3.05) is 5.32 Å². The molecule has 0 aliphatic carbocycles. The highest BCUT2D eigenvalue weighted by molar-refractivity contribution is 5.88. The van der Waals surface area contributed by atoms with Gasteiger partial charge in [0.1, 0.15) is 12.1 Å². The Balaban J connectivity index is 1.86. The van der Waals surface area contributed by atoms with Crippen LogP contribution in [-0.4, -0.2) is 30.8 Å². The number of aryl methyl sites for hydroxylation is 1. The van der Waals surface area contributed by atoms with Crippen molar-refractivity contribution in [3.05, 3.63) is 42.4 Å². The number of rotatable bonds is 4. The van der Waals surface area contributed by atoms with Gasteiger partial charge in [0, 0.05) is 12.7 Å². The number of anilines is 2. The topological polar surface area (TPSA) is 92.9 Å². The summed E-state index contributed by atoms with van der Waals surface area (Å²) in [5, 5.41) is 16.9. The highest BCUT2D eigenvalue weighted by atomic mass is 16.4. The molecule has 2 heterocycles. The zero-order valence-corrected chi connectivity index (χ0v) is 11.3. The van der Waals surface area contributed by atoms with E-state index in [2.05, 4.69) is 20.4 Å². The first-order valence-corrected chi connectivity index (χ1v) is 6.34. The van der Waals surface area contributed by atoms with Gasteiger partial charge in [0.15, 0.2) is 5.65 Å². The Kier molecular flexibility index (Phi) is 3.23. The van der Waals surface area contributed by atoms with E-state index >= 15 is 0 Å². The zero-order chi connectivity index (χ0) is 14.8. The monoisotopic (exact) mass is 283 g/mol. The lowest BCUT2D eigenvalue weighted by Crippen LogP contribution is -2.00. The van der Waals surface area contributed by atoms with Gasteiger partial charge in [-0.25, -0.2) is 9.97 Å². The van der Waals surface area contributed by atoms with Crippen molar-refractivity contribution in [3.63, 3.8) is 0 Å². The number of carboxylic acid groups (broad SMARTS) is 1. The van der Waals surface area contributed by atoms with Crippen LogP contribution in [0.2, 0.25) is 0 Å². The molecule has 1 aromatic carbocycles. The fourth-order valence-corrected chi connectivity index (χ4v) is 2.08. The summed E-state index contributed by atoms with van der Waals surface area (Å²) in [5.41, 5.74) is 2.32. The van der Waals surface area contributed by atoms with Crippen LogP contribution in [0.25, 0.3) is 11.0 Å². The summed E-state index contributed by atoms with van der Waals surface area (Å²) in [6, 6.07) is 7.20. The van der Waals surface area contributed by atoms with Crippen molar-refractivity contribution in [1.29, 1.82) is 0 Å². The number of aromatic nitrogens is 4. The first-order chi connectivity index (χ1) is 10.1. The molecule has 2 N–H and O–H groups in total. The first-order valence-electron chi connectivity index (χ1n) is 6.34. The predicted octanol–water partition coefficient (Wildman–Crippen LogP) is 1.73. The molecule has 0 amide bonds. The van der Waals surface area contributed by atoms with E-state index in [0.717, 1.165) is 22.3 Å². The van der Waals surface area contributed by atoms with Gasteiger partial charge >= 0.3 is 5.97 Å². The number of fused-ring (bicyclic) bond motifs is 1. The van der Waals surface area contributed by atoms with Crippen LogP contribution >= 0.6 is 0 Å². The maximum absolute atomic E-state index is 10.7. The molecule has 3 aromatic rings. The van der Waals surface area contributed by atoms with Crippen LogP contribution in [0, 0.1) is 0 Å². The van der Waals surface area contributed by atoms with E-state index in [1.54, 1.807) is 23.0 Å². The third-order valence-corrected chi connectivity index (χ3v) is 3.10. The molecule has 0 atom stereocenters. The molecule has 2 aromatic heterocycles. The van der Waals surface area contributed by atoms with Crippen LogP contribution < -0.4 is 5.32 Å². The molecule has 0 bridgehead atoms. The van der Waals surface area contributed by atoms with Crippen molar-refractivity contribution >= 4 is 28.5 Å². The largest absolute Gasteiger partial charge is 0.481 e. The van der Waals surface area contributed by atoms with Crippen molar-refractivity contribution in [2.45, 2.75) is 6.42 Å². The van der Waals surface area contributed by atoms with Crippen LogP contribution in [0.3, 0.4) is 0 Å². The van der Waals surface area contributed by atoms with Gasteiger partial charge in [-0.05, 0) is 17.7 Å². The summed E-state index contributed by atoms with van der Waals surface area (Å²) in [6.07, 6.45) is 3.20. The van der Waals surface area contributed by atoms with Crippen molar-refractivity contribution in [2.24, 2.45) is 7.05 Å². The second kappa shape index (κ2) is 5.20. The zero-order valence-electron chi connectivity index (χ0n) is 11.3. The van der Waals surface area contributed by atoms with E-state index < -0.39 is 5.97 Å². The minimum Gasteiger partial charge on any atom is -0.481 e. The van der Waals surface area contributed by atoms with Gasteiger partial charge in [0.2, 0.25) is 0 Å². The van der Waals surface area contributed by atoms with Gasteiger partial charge in [-0.15, -0.1) is 0 Å². The summed E-state index contributed by atoms with van der Waals surface area (Å²) in [7, 11) is 1.82. The van der Waals surface area contributed by atoms with Crippen molar-refractivity contribution in [1.82, 2.24) is 19.7 Å². The number of hydrogen-bond donors (Lipinski definition) is 2. The molecule has 0 saturated carbocycles. The fraction of sp³-hybridized carbons (Fsp3) is 0.143. The van der Waals surface area contributed by atoms with E-state index in [1.807, 2.05) is 19.2 Å².